The van der Waals surface area contributed by atoms with Crippen LogP contribution in [0, 0.1) is 6.92 Å². The Morgan fingerprint density at radius 3 is 2.56 bits per heavy atom. The van der Waals surface area contributed by atoms with Crippen molar-refractivity contribution in [2.24, 2.45) is 5.10 Å². The van der Waals surface area contributed by atoms with Crippen molar-refractivity contribution in [3.8, 4) is 11.5 Å². The molecule has 0 radical (unpaired) electrons. The van der Waals surface area contributed by atoms with Crippen molar-refractivity contribution < 1.29 is 14.2 Å². The highest BCUT2D eigenvalue weighted by Gasteiger charge is 2.17. The van der Waals surface area contributed by atoms with Crippen LogP contribution in [0.25, 0.3) is 0 Å². The third kappa shape index (κ3) is 5.91. The Morgan fingerprint density at radius 1 is 1.03 bits per heavy atom. The highest BCUT2D eigenvalue weighted by atomic mass is 79.9. The highest BCUT2D eigenvalue weighted by molar-refractivity contribution is 9.10. The van der Waals surface area contributed by atoms with Crippen molar-refractivity contribution in [2.75, 3.05) is 56.2 Å². The van der Waals surface area contributed by atoms with Crippen molar-refractivity contribution in [3.05, 3.63) is 52.0 Å². The molecular weight excluding hydrogens is 502 g/mol. The Kier molecular flexibility index (Phi) is 7.76. The molecule has 34 heavy (non-hydrogen) atoms. The molecule has 0 spiro atoms. The fraction of sp³-hybridized carbons (Fsp3) is 0.304. The van der Waals surface area contributed by atoms with Crippen molar-refractivity contribution in [2.45, 2.75) is 6.92 Å². The van der Waals surface area contributed by atoms with Crippen LogP contribution in [0.5, 0.6) is 11.5 Å². The summed E-state index contributed by atoms with van der Waals surface area (Å²) in [4.78, 5) is 15.7. The van der Waals surface area contributed by atoms with Gasteiger partial charge in [-0.05, 0) is 52.7 Å². The quantitative estimate of drug-likeness (QED) is 0.332. The number of aryl methyl sites for hydroxylation is 1. The maximum atomic E-state index is 5.46. The van der Waals surface area contributed by atoms with Gasteiger partial charge in [0, 0.05) is 29.2 Å². The summed E-state index contributed by atoms with van der Waals surface area (Å²) in [6.07, 6.45) is 1.64. The summed E-state index contributed by atoms with van der Waals surface area (Å²) in [5, 5.41) is 7.58. The van der Waals surface area contributed by atoms with Gasteiger partial charge >= 0.3 is 0 Å². The van der Waals surface area contributed by atoms with Gasteiger partial charge in [0.1, 0.15) is 11.5 Å². The number of benzene rings is 2. The van der Waals surface area contributed by atoms with Gasteiger partial charge in [0.2, 0.25) is 17.8 Å². The summed E-state index contributed by atoms with van der Waals surface area (Å²) >= 11 is 3.59. The van der Waals surface area contributed by atoms with Crippen molar-refractivity contribution in [1.82, 2.24) is 15.0 Å². The lowest BCUT2D eigenvalue weighted by atomic mass is 10.2. The number of morpholine rings is 1. The number of halogens is 1. The normalized spacial score (nSPS) is 13.7. The standard InChI is InChI=1S/C23H26BrN7O3/c1-15-4-7-19(18(24)12-15)26-21-27-22(29-23(28-21)31-8-10-34-11-9-31)30-25-14-16-5-6-17(32-2)13-20(16)33-3/h4-7,12-14H,8-11H2,1-3H3,(H2,26,27,28,29,30)/b25-14+. The molecule has 1 aliphatic rings. The second-order valence-corrected chi connectivity index (χ2v) is 8.32. The average Bonchev–Trinajstić information content (AvgIpc) is 2.86. The van der Waals surface area contributed by atoms with Gasteiger partial charge in [-0.1, -0.05) is 6.07 Å². The largest absolute Gasteiger partial charge is 0.497 e. The first-order chi connectivity index (χ1) is 16.6. The van der Waals surface area contributed by atoms with E-state index in [1.54, 1.807) is 26.5 Å². The highest BCUT2D eigenvalue weighted by Crippen LogP contribution is 2.27. The predicted octanol–water partition coefficient (Wildman–Crippen LogP) is 3.99. The number of rotatable bonds is 8. The van der Waals surface area contributed by atoms with Crippen molar-refractivity contribution in [1.29, 1.82) is 0 Å². The minimum atomic E-state index is 0.311. The van der Waals surface area contributed by atoms with E-state index in [0.29, 0.717) is 55.6 Å². The maximum absolute atomic E-state index is 5.46. The summed E-state index contributed by atoms with van der Waals surface area (Å²) in [6, 6.07) is 11.5. The lowest BCUT2D eigenvalue weighted by Gasteiger charge is -2.27. The zero-order chi connectivity index (χ0) is 23.9. The van der Waals surface area contributed by atoms with E-state index in [9.17, 15) is 0 Å². The molecule has 0 atom stereocenters. The van der Waals surface area contributed by atoms with Crippen molar-refractivity contribution >= 4 is 45.7 Å². The van der Waals surface area contributed by atoms with E-state index in [2.05, 4.69) is 51.6 Å². The Morgan fingerprint density at radius 2 is 1.82 bits per heavy atom. The summed E-state index contributed by atoms with van der Waals surface area (Å²) in [5.74, 6) is 2.60. The summed E-state index contributed by atoms with van der Waals surface area (Å²) in [6.45, 7) is 4.67. The fourth-order valence-electron chi connectivity index (χ4n) is 3.30. The zero-order valence-electron chi connectivity index (χ0n) is 19.2. The van der Waals surface area contributed by atoms with Crippen LogP contribution in [-0.4, -0.2) is 61.7 Å². The Hall–Kier alpha value is -3.44. The van der Waals surface area contributed by atoms with Crippen LogP contribution in [0.3, 0.4) is 0 Å². The average molecular weight is 528 g/mol. The molecule has 0 amide bonds. The lowest BCUT2D eigenvalue weighted by Crippen LogP contribution is -2.37. The predicted molar refractivity (Wildman–Crippen MR) is 136 cm³/mol. The van der Waals surface area contributed by atoms with Crippen LogP contribution >= 0.6 is 15.9 Å². The summed E-state index contributed by atoms with van der Waals surface area (Å²) in [5.41, 5.74) is 5.69. The number of nitrogens with zero attached hydrogens (tertiary/aromatic N) is 5. The summed E-state index contributed by atoms with van der Waals surface area (Å²) in [7, 11) is 3.21. The van der Waals surface area contributed by atoms with Gasteiger partial charge in [0.15, 0.2) is 0 Å². The number of anilines is 4. The van der Waals surface area contributed by atoms with Gasteiger partial charge in [-0.2, -0.15) is 20.1 Å². The second kappa shape index (κ2) is 11.1. The van der Waals surface area contributed by atoms with Crippen LogP contribution in [0.2, 0.25) is 0 Å². The molecule has 0 unspecified atom stereocenters. The molecule has 2 N–H and O–H groups in total. The number of ether oxygens (including phenoxy) is 3. The van der Waals surface area contributed by atoms with E-state index in [-0.39, 0.29) is 0 Å². The molecule has 0 aliphatic carbocycles. The molecule has 10 nitrogen and oxygen atoms in total. The summed E-state index contributed by atoms with van der Waals surface area (Å²) < 4.78 is 17.0. The molecule has 3 aromatic rings. The molecule has 4 rings (SSSR count). The Balaban J connectivity index is 1.59. The second-order valence-electron chi connectivity index (χ2n) is 7.47. The third-order valence-electron chi connectivity index (χ3n) is 5.10. The van der Waals surface area contributed by atoms with Gasteiger partial charge in [-0.25, -0.2) is 5.43 Å². The van der Waals surface area contributed by atoms with Crippen LogP contribution < -0.4 is 25.1 Å². The SMILES string of the molecule is COc1ccc(/C=N/Nc2nc(Nc3ccc(C)cc3Br)nc(N3CCOCC3)n2)c(OC)c1. The minimum Gasteiger partial charge on any atom is -0.497 e. The van der Waals surface area contributed by atoms with E-state index >= 15 is 0 Å². The Bertz CT molecular complexity index is 1170. The van der Waals surface area contributed by atoms with Gasteiger partial charge in [-0.3, -0.25) is 0 Å². The van der Waals surface area contributed by atoms with Gasteiger partial charge in [0.25, 0.3) is 0 Å². The minimum absolute atomic E-state index is 0.311. The topological polar surface area (TPSA) is 106 Å². The van der Waals surface area contributed by atoms with Crippen LogP contribution in [0.1, 0.15) is 11.1 Å². The van der Waals surface area contributed by atoms with Crippen molar-refractivity contribution in [3.63, 3.8) is 0 Å². The first-order valence-electron chi connectivity index (χ1n) is 10.7. The fourth-order valence-corrected chi connectivity index (χ4v) is 3.89. The van der Waals surface area contributed by atoms with Gasteiger partial charge in [0.05, 0.1) is 39.3 Å². The molecule has 1 saturated heterocycles. The van der Waals surface area contributed by atoms with E-state index in [1.807, 2.05) is 37.3 Å². The van der Waals surface area contributed by atoms with E-state index in [4.69, 9.17) is 14.2 Å². The van der Waals surface area contributed by atoms with Crippen LogP contribution in [0.4, 0.5) is 23.5 Å². The first kappa shape index (κ1) is 23.7. The molecule has 0 bridgehead atoms. The van der Waals surface area contributed by atoms with Gasteiger partial charge in [-0.15, -0.1) is 0 Å². The number of hydrogen-bond acceptors (Lipinski definition) is 10. The molecule has 2 aromatic carbocycles. The lowest BCUT2D eigenvalue weighted by molar-refractivity contribution is 0.122. The van der Waals surface area contributed by atoms with Crippen LogP contribution in [0.15, 0.2) is 46.0 Å². The smallest absolute Gasteiger partial charge is 0.250 e. The zero-order valence-corrected chi connectivity index (χ0v) is 20.8. The molecule has 0 saturated carbocycles. The third-order valence-corrected chi connectivity index (χ3v) is 5.75. The number of hydrogen-bond donors (Lipinski definition) is 2. The van der Waals surface area contributed by atoms with E-state index < -0.39 is 0 Å². The molecule has 1 aromatic heterocycles. The molecular formula is C23H26BrN7O3. The molecule has 11 heteroatoms. The van der Waals surface area contributed by atoms with E-state index in [0.717, 1.165) is 21.3 Å². The van der Waals surface area contributed by atoms with Crippen LogP contribution in [-0.2, 0) is 4.74 Å². The molecule has 178 valence electrons. The number of nitrogens with one attached hydrogen (secondary N) is 2. The molecule has 1 aliphatic heterocycles. The Labute approximate surface area is 206 Å². The molecule has 2 heterocycles. The number of methoxy groups -OCH3 is 2. The van der Waals surface area contributed by atoms with Gasteiger partial charge < -0.3 is 24.4 Å². The monoisotopic (exact) mass is 527 g/mol. The number of hydrazone groups is 1. The number of aromatic nitrogens is 3. The molecule has 1 fully saturated rings. The first-order valence-corrected chi connectivity index (χ1v) is 11.5. The maximum Gasteiger partial charge on any atom is 0.250 e. The van der Waals surface area contributed by atoms with E-state index in [1.165, 1.54) is 0 Å².